The van der Waals surface area contributed by atoms with Gasteiger partial charge in [0.1, 0.15) is 6.20 Å². The van der Waals surface area contributed by atoms with Crippen molar-refractivity contribution in [2.75, 3.05) is 7.05 Å². The van der Waals surface area contributed by atoms with Gasteiger partial charge in [0.2, 0.25) is 0 Å². The van der Waals surface area contributed by atoms with Gasteiger partial charge in [0.05, 0.1) is 13.2 Å². The number of quaternary nitrogens is 1. The summed E-state index contributed by atoms with van der Waals surface area (Å²) in [5, 5.41) is 0. The number of alkyl halides is 3. The highest BCUT2D eigenvalue weighted by molar-refractivity contribution is 5.50. The minimum Gasteiger partial charge on any atom is -0.222 e. The van der Waals surface area contributed by atoms with Crippen LogP contribution in [0.1, 0.15) is 0 Å². The molecule has 1 aliphatic rings. The van der Waals surface area contributed by atoms with Gasteiger partial charge in [-0.1, -0.05) is 0 Å². The lowest BCUT2D eigenvalue weighted by molar-refractivity contribution is -0.812. The quantitative estimate of drug-likeness (QED) is 0.434. The van der Waals surface area contributed by atoms with Crippen molar-refractivity contribution >= 4 is 6.34 Å². The summed E-state index contributed by atoms with van der Waals surface area (Å²) < 4.78 is 35.8. The third kappa shape index (κ3) is 1.42. The molecule has 0 radical (unpaired) electrons. The van der Waals surface area contributed by atoms with Crippen molar-refractivity contribution in [2.24, 2.45) is 4.99 Å². The molecule has 0 amide bonds. The zero-order chi connectivity index (χ0) is 8.48. The molecular formula is C6H8F3N2+. The van der Waals surface area contributed by atoms with E-state index in [0.29, 0.717) is 0 Å². The topological polar surface area (TPSA) is 12.4 Å². The van der Waals surface area contributed by atoms with E-state index in [9.17, 15) is 13.2 Å². The molecule has 62 valence electrons. The molecular weight excluding hydrogens is 157 g/mol. The van der Waals surface area contributed by atoms with Crippen LogP contribution in [-0.2, 0) is 0 Å². The third-order valence-corrected chi connectivity index (χ3v) is 1.53. The lowest BCUT2D eigenvalue weighted by atomic mass is 10.5. The van der Waals surface area contributed by atoms with Gasteiger partial charge in [0.25, 0.3) is 0 Å². The highest BCUT2D eigenvalue weighted by Gasteiger charge is 2.39. The van der Waals surface area contributed by atoms with Gasteiger partial charge in [-0.3, -0.25) is 0 Å². The first-order valence-corrected chi connectivity index (χ1v) is 3.06. The fourth-order valence-electron chi connectivity index (χ4n) is 0.791. The van der Waals surface area contributed by atoms with Gasteiger partial charge in [0, 0.05) is 0 Å². The largest absolute Gasteiger partial charge is 0.320 e. The molecule has 0 fully saturated rings. The summed E-state index contributed by atoms with van der Waals surface area (Å²) in [5.74, 6) is 0. The molecule has 0 bridgehead atoms. The van der Waals surface area contributed by atoms with Gasteiger partial charge < -0.3 is 0 Å². The summed E-state index contributed by atoms with van der Waals surface area (Å²) >= 11 is 0. The van der Waals surface area contributed by atoms with Crippen LogP contribution in [0.3, 0.4) is 0 Å². The second-order valence-electron chi connectivity index (χ2n) is 2.49. The SMILES string of the molecule is C[N+]1(C(F)C(F)F)C=CN=C1. The molecule has 0 spiro atoms. The van der Waals surface area contributed by atoms with Crippen molar-refractivity contribution in [1.29, 1.82) is 0 Å². The maximum absolute atomic E-state index is 12.7. The molecule has 0 aliphatic carbocycles. The second-order valence-corrected chi connectivity index (χ2v) is 2.49. The van der Waals surface area contributed by atoms with Gasteiger partial charge >= 0.3 is 12.7 Å². The van der Waals surface area contributed by atoms with Crippen molar-refractivity contribution in [3.05, 3.63) is 12.4 Å². The summed E-state index contributed by atoms with van der Waals surface area (Å²) in [6.45, 7) is 0. The second kappa shape index (κ2) is 2.65. The Morgan fingerprint density at radius 2 is 2.00 bits per heavy atom. The number of aliphatic imine (C=N–C) groups is 1. The number of nitrogens with zero attached hydrogens (tertiary/aromatic N) is 2. The van der Waals surface area contributed by atoms with Crippen LogP contribution in [0.15, 0.2) is 17.4 Å². The first-order valence-electron chi connectivity index (χ1n) is 3.06. The maximum Gasteiger partial charge on any atom is 0.320 e. The van der Waals surface area contributed by atoms with E-state index in [1.807, 2.05) is 0 Å². The fourth-order valence-corrected chi connectivity index (χ4v) is 0.791. The Hall–Kier alpha value is -0.840. The average molecular weight is 165 g/mol. The standard InChI is InChI=1S/C6H8F3N2/c1-11(3-2-10-4-11)6(9)5(7)8/h2-6H,1H3/q+1. The molecule has 2 unspecified atom stereocenters. The van der Waals surface area contributed by atoms with Crippen LogP contribution in [0, 0.1) is 0 Å². The molecule has 11 heavy (non-hydrogen) atoms. The molecule has 0 saturated heterocycles. The van der Waals surface area contributed by atoms with Crippen LogP contribution < -0.4 is 0 Å². The lowest BCUT2D eigenvalue weighted by Crippen LogP contribution is -2.46. The van der Waals surface area contributed by atoms with Crippen LogP contribution in [0.25, 0.3) is 0 Å². The van der Waals surface area contributed by atoms with E-state index in [0.717, 1.165) is 6.34 Å². The van der Waals surface area contributed by atoms with Gasteiger partial charge in [0.15, 0.2) is 6.34 Å². The zero-order valence-corrected chi connectivity index (χ0v) is 5.92. The molecule has 0 aromatic carbocycles. The predicted octanol–water partition coefficient (Wildman–Crippen LogP) is 1.51. The molecule has 0 aromatic rings. The van der Waals surface area contributed by atoms with Crippen molar-refractivity contribution in [1.82, 2.24) is 0 Å². The first-order chi connectivity index (χ1) is 5.06. The number of halogens is 3. The third-order valence-electron chi connectivity index (χ3n) is 1.53. The summed E-state index contributed by atoms with van der Waals surface area (Å²) in [4.78, 5) is 3.53. The van der Waals surface area contributed by atoms with E-state index in [-0.39, 0.29) is 0 Å². The Kier molecular flexibility index (Phi) is 1.99. The highest BCUT2D eigenvalue weighted by Crippen LogP contribution is 2.20. The lowest BCUT2D eigenvalue weighted by Gasteiger charge is -2.24. The smallest absolute Gasteiger partial charge is 0.222 e. The van der Waals surface area contributed by atoms with E-state index < -0.39 is 17.2 Å². The number of rotatable bonds is 2. The van der Waals surface area contributed by atoms with Crippen molar-refractivity contribution in [3.63, 3.8) is 0 Å². The molecule has 2 nitrogen and oxygen atoms in total. The van der Waals surface area contributed by atoms with E-state index in [2.05, 4.69) is 4.99 Å². The minimum absolute atomic E-state index is 0.572. The van der Waals surface area contributed by atoms with E-state index in [1.165, 1.54) is 19.4 Å². The molecule has 0 saturated carbocycles. The number of hydrogen-bond donors (Lipinski definition) is 0. The maximum atomic E-state index is 12.7. The molecule has 2 atom stereocenters. The van der Waals surface area contributed by atoms with E-state index in [1.54, 1.807) is 0 Å². The highest BCUT2D eigenvalue weighted by atomic mass is 19.3. The molecule has 1 heterocycles. The van der Waals surface area contributed by atoms with E-state index >= 15 is 0 Å². The Balaban J connectivity index is 2.73. The zero-order valence-electron chi connectivity index (χ0n) is 5.92. The summed E-state index contributed by atoms with van der Waals surface area (Å²) in [5.41, 5.74) is 0. The normalized spacial score (nSPS) is 31.7. The summed E-state index contributed by atoms with van der Waals surface area (Å²) in [6.07, 6.45) is -1.49. The molecule has 5 heteroatoms. The minimum atomic E-state index is -2.98. The summed E-state index contributed by atoms with van der Waals surface area (Å²) in [6, 6.07) is 0. The van der Waals surface area contributed by atoms with Gasteiger partial charge in [-0.15, -0.1) is 0 Å². The fraction of sp³-hybridized carbons (Fsp3) is 0.500. The molecule has 1 rings (SSSR count). The van der Waals surface area contributed by atoms with Crippen molar-refractivity contribution in [2.45, 2.75) is 12.7 Å². The first kappa shape index (κ1) is 8.26. The summed E-state index contributed by atoms with van der Waals surface area (Å²) in [7, 11) is 1.32. The monoisotopic (exact) mass is 165 g/mol. The van der Waals surface area contributed by atoms with Gasteiger partial charge in [-0.2, -0.15) is 4.39 Å². The van der Waals surface area contributed by atoms with Crippen molar-refractivity contribution < 1.29 is 17.7 Å². The van der Waals surface area contributed by atoms with Crippen LogP contribution in [0.2, 0.25) is 0 Å². The molecule has 0 N–H and O–H groups in total. The number of hydrogen-bond acceptors (Lipinski definition) is 1. The predicted molar refractivity (Wildman–Crippen MR) is 34.7 cm³/mol. The van der Waals surface area contributed by atoms with Crippen LogP contribution in [0.4, 0.5) is 13.2 Å². The van der Waals surface area contributed by atoms with Crippen LogP contribution in [0.5, 0.6) is 0 Å². The van der Waals surface area contributed by atoms with Gasteiger partial charge in [-0.25, -0.2) is 18.3 Å². The van der Waals surface area contributed by atoms with Crippen molar-refractivity contribution in [3.8, 4) is 0 Å². The Morgan fingerprint density at radius 3 is 2.36 bits per heavy atom. The Bertz CT molecular complexity index is 188. The van der Waals surface area contributed by atoms with Crippen LogP contribution >= 0.6 is 0 Å². The average Bonchev–Trinajstić information content (AvgIpc) is 2.35. The van der Waals surface area contributed by atoms with E-state index in [4.69, 9.17) is 0 Å². The Labute approximate surface area is 62.2 Å². The molecule has 0 aromatic heterocycles. The van der Waals surface area contributed by atoms with Gasteiger partial charge in [-0.05, 0) is 0 Å². The Morgan fingerprint density at radius 1 is 1.36 bits per heavy atom. The van der Waals surface area contributed by atoms with Crippen LogP contribution in [-0.4, -0.2) is 30.6 Å². The molecule has 1 aliphatic heterocycles.